The van der Waals surface area contributed by atoms with Crippen LogP contribution in [0.15, 0.2) is 30.6 Å². The molecule has 0 unspecified atom stereocenters. The lowest BCUT2D eigenvalue weighted by atomic mass is 10.2. The van der Waals surface area contributed by atoms with Crippen LogP contribution in [0.3, 0.4) is 0 Å². The fourth-order valence-electron chi connectivity index (χ4n) is 2.14. The van der Waals surface area contributed by atoms with Crippen molar-refractivity contribution in [2.45, 2.75) is 6.54 Å². The minimum atomic E-state index is -0.288. The van der Waals surface area contributed by atoms with Crippen molar-refractivity contribution >= 4 is 11.7 Å². The van der Waals surface area contributed by atoms with Crippen LogP contribution in [0.1, 0.15) is 16.1 Å². The molecule has 1 aromatic carbocycles. The van der Waals surface area contributed by atoms with E-state index < -0.39 is 0 Å². The standard InChI is InChI=1S/C16H18N4O4/c1-22-5-4-17-15-9-18-12(8-19-15)16(21)20-7-11-2-3-13-14(6-11)24-10-23-13/h2-3,6,8-9H,4-5,7,10H2,1H3,(H,17,19)(H,20,21). The van der Waals surface area contributed by atoms with Gasteiger partial charge in [0.05, 0.1) is 19.0 Å². The maximum absolute atomic E-state index is 12.1. The van der Waals surface area contributed by atoms with E-state index in [4.69, 9.17) is 14.2 Å². The Balaban J connectivity index is 1.53. The molecule has 0 spiro atoms. The quantitative estimate of drug-likeness (QED) is 0.736. The summed E-state index contributed by atoms with van der Waals surface area (Å²) in [6.07, 6.45) is 2.95. The third-order valence-electron chi connectivity index (χ3n) is 3.39. The van der Waals surface area contributed by atoms with Gasteiger partial charge >= 0.3 is 0 Å². The molecule has 1 aliphatic heterocycles. The number of methoxy groups -OCH3 is 1. The van der Waals surface area contributed by atoms with Crippen molar-refractivity contribution < 1.29 is 19.0 Å². The van der Waals surface area contributed by atoms with Crippen molar-refractivity contribution in [1.82, 2.24) is 15.3 Å². The Bertz CT molecular complexity index is 706. The summed E-state index contributed by atoms with van der Waals surface area (Å²) < 4.78 is 15.5. The first-order valence-corrected chi connectivity index (χ1v) is 7.48. The van der Waals surface area contributed by atoms with E-state index in [0.717, 1.165) is 5.56 Å². The van der Waals surface area contributed by atoms with E-state index in [1.165, 1.54) is 12.4 Å². The molecule has 1 aliphatic rings. The average Bonchev–Trinajstić information content (AvgIpc) is 3.08. The fraction of sp³-hybridized carbons (Fsp3) is 0.312. The Kier molecular flexibility index (Phi) is 5.07. The van der Waals surface area contributed by atoms with Crippen LogP contribution in [0.25, 0.3) is 0 Å². The van der Waals surface area contributed by atoms with Gasteiger partial charge in [-0.05, 0) is 17.7 Å². The molecule has 8 heteroatoms. The molecule has 0 saturated heterocycles. The van der Waals surface area contributed by atoms with Gasteiger partial charge in [-0.2, -0.15) is 0 Å². The van der Waals surface area contributed by atoms with Gasteiger partial charge in [0.15, 0.2) is 11.5 Å². The lowest BCUT2D eigenvalue weighted by Crippen LogP contribution is -2.24. The number of rotatable bonds is 7. The number of hydrogen-bond acceptors (Lipinski definition) is 7. The van der Waals surface area contributed by atoms with Gasteiger partial charge in [-0.1, -0.05) is 6.07 Å². The summed E-state index contributed by atoms with van der Waals surface area (Å²) in [4.78, 5) is 20.4. The van der Waals surface area contributed by atoms with Gasteiger partial charge in [0, 0.05) is 20.2 Å². The van der Waals surface area contributed by atoms with E-state index in [1.54, 1.807) is 7.11 Å². The fourth-order valence-corrected chi connectivity index (χ4v) is 2.14. The SMILES string of the molecule is COCCNc1cnc(C(=O)NCc2ccc3c(c2)OCO3)cn1. The number of benzene rings is 1. The van der Waals surface area contributed by atoms with Crippen LogP contribution >= 0.6 is 0 Å². The molecular weight excluding hydrogens is 312 g/mol. The number of ether oxygens (including phenoxy) is 3. The van der Waals surface area contributed by atoms with Crippen molar-refractivity contribution in [3.05, 3.63) is 41.9 Å². The highest BCUT2D eigenvalue weighted by Crippen LogP contribution is 2.32. The number of anilines is 1. The lowest BCUT2D eigenvalue weighted by molar-refractivity contribution is 0.0945. The minimum Gasteiger partial charge on any atom is -0.454 e. The van der Waals surface area contributed by atoms with E-state index in [-0.39, 0.29) is 18.4 Å². The van der Waals surface area contributed by atoms with Crippen LogP contribution in [0.2, 0.25) is 0 Å². The van der Waals surface area contributed by atoms with Crippen molar-refractivity contribution in [3.63, 3.8) is 0 Å². The second-order valence-corrected chi connectivity index (χ2v) is 5.08. The van der Waals surface area contributed by atoms with E-state index in [2.05, 4.69) is 20.6 Å². The zero-order valence-electron chi connectivity index (χ0n) is 13.2. The average molecular weight is 330 g/mol. The zero-order chi connectivity index (χ0) is 16.8. The number of carbonyl (C=O) groups excluding carboxylic acids is 1. The van der Waals surface area contributed by atoms with E-state index >= 15 is 0 Å². The summed E-state index contributed by atoms with van der Waals surface area (Å²) in [6.45, 7) is 1.79. The molecule has 0 radical (unpaired) electrons. The molecule has 8 nitrogen and oxygen atoms in total. The highest BCUT2D eigenvalue weighted by Gasteiger charge is 2.14. The number of nitrogens with zero attached hydrogens (tertiary/aromatic N) is 2. The largest absolute Gasteiger partial charge is 0.454 e. The first-order chi connectivity index (χ1) is 11.8. The van der Waals surface area contributed by atoms with Crippen molar-refractivity contribution in [2.75, 3.05) is 32.4 Å². The Morgan fingerprint density at radius 1 is 1.25 bits per heavy atom. The predicted molar refractivity (Wildman–Crippen MR) is 86.1 cm³/mol. The predicted octanol–water partition coefficient (Wildman–Crippen LogP) is 1.19. The molecule has 2 N–H and O–H groups in total. The smallest absolute Gasteiger partial charge is 0.271 e. The van der Waals surface area contributed by atoms with Gasteiger partial charge in [0.25, 0.3) is 5.91 Å². The van der Waals surface area contributed by atoms with Crippen molar-refractivity contribution in [2.24, 2.45) is 0 Å². The van der Waals surface area contributed by atoms with Gasteiger partial charge in [-0.3, -0.25) is 4.79 Å². The van der Waals surface area contributed by atoms with Crippen LogP contribution in [0, 0.1) is 0 Å². The second kappa shape index (κ2) is 7.60. The molecule has 1 aromatic heterocycles. The van der Waals surface area contributed by atoms with Crippen LogP contribution < -0.4 is 20.1 Å². The van der Waals surface area contributed by atoms with E-state index in [0.29, 0.717) is 37.0 Å². The summed E-state index contributed by atoms with van der Waals surface area (Å²) >= 11 is 0. The molecule has 2 aromatic rings. The Labute approximate surface area is 139 Å². The highest BCUT2D eigenvalue weighted by molar-refractivity contribution is 5.91. The van der Waals surface area contributed by atoms with Crippen molar-refractivity contribution in [1.29, 1.82) is 0 Å². The summed E-state index contributed by atoms with van der Waals surface area (Å²) in [6, 6.07) is 5.55. The number of carbonyl (C=O) groups is 1. The molecule has 2 heterocycles. The van der Waals surface area contributed by atoms with Crippen LogP contribution in [0.5, 0.6) is 11.5 Å². The molecule has 1 amide bonds. The third-order valence-corrected chi connectivity index (χ3v) is 3.39. The molecular formula is C16H18N4O4. The Hall–Kier alpha value is -2.87. The summed E-state index contributed by atoms with van der Waals surface area (Å²) in [5.41, 5.74) is 1.17. The molecule has 126 valence electrons. The molecule has 0 saturated carbocycles. The van der Waals surface area contributed by atoms with Crippen LogP contribution in [-0.2, 0) is 11.3 Å². The summed E-state index contributed by atoms with van der Waals surface area (Å²) in [5.74, 6) is 1.71. The van der Waals surface area contributed by atoms with Gasteiger partial charge in [-0.15, -0.1) is 0 Å². The third kappa shape index (κ3) is 3.90. The number of aromatic nitrogens is 2. The number of fused-ring (bicyclic) bond motifs is 1. The minimum absolute atomic E-state index is 0.228. The molecule has 0 aliphatic carbocycles. The molecule has 3 rings (SSSR count). The van der Waals surface area contributed by atoms with Gasteiger partial charge in [0.1, 0.15) is 11.5 Å². The van der Waals surface area contributed by atoms with Gasteiger partial charge in [0.2, 0.25) is 6.79 Å². The van der Waals surface area contributed by atoms with Crippen LogP contribution in [-0.4, -0.2) is 42.9 Å². The first-order valence-electron chi connectivity index (χ1n) is 7.48. The van der Waals surface area contributed by atoms with E-state index in [1.807, 2.05) is 18.2 Å². The van der Waals surface area contributed by atoms with Crippen LogP contribution in [0.4, 0.5) is 5.82 Å². The lowest BCUT2D eigenvalue weighted by Gasteiger charge is -2.07. The number of nitrogens with one attached hydrogen (secondary N) is 2. The Morgan fingerprint density at radius 3 is 2.92 bits per heavy atom. The molecule has 0 atom stereocenters. The number of amides is 1. The van der Waals surface area contributed by atoms with E-state index in [9.17, 15) is 4.79 Å². The maximum Gasteiger partial charge on any atom is 0.271 e. The maximum atomic E-state index is 12.1. The van der Waals surface area contributed by atoms with Gasteiger partial charge < -0.3 is 24.8 Å². The first kappa shape index (κ1) is 16.0. The Morgan fingerprint density at radius 2 is 2.12 bits per heavy atom. The summed E-state index contributed by atoms with van der Waals surface area (Å²) in [7, 11) is 1.63. The summed E-state index contributed by atoms with van der Waals surface area (Å²) in [5, 5.41) is 5.84. The molecule has 0 bridgehead atoms. The highest BCUT2D eigenvalue weighted by atomic mass is 16.7. The topological polar surface area (TPSA) is 94.6 Å². The second-order valence-electron chi connectivity index (χ2n) is 5.08. The molecule has 0 fully saturated rings. The molecule has 24 heavy (non-hydrogen) atoms. The number of hydrogen-bond donors (Lipinski definition) is 2. The normalized spacial score (nSPS) is 12.0. The van der Waals surface area contributed by atoms with Gasteiger partial charge in [-0.25, -0.2) is 9.97 Å². The monoisotopic (exact) mass is 330 g/mol. The zero-order valence-corrected chi connectivity index (χ0v) is 13.2. The van der Waals surface area contributed by atoms with Crippen molar-refractivity contribution in [3.8, 4) is 11.5 Å².